The molecule has 1 amide bonds. The van der Waals surface area contributed by atoms with Crippen molar-refractivity contribution >= 4 is 29.2 Å². The molecular formula is C25H24ClNO2. The normalized spacial score (nSPS) is 11.2. The number of carbonyl (C=O) groups excluding carboxylic acids is 1. The molecule has 3 aromatic carbocycles. The van der Waals surface area contributed by atoms with Crippen molar-refractivity contribution in [3.63, 3.8) is 0 Å². The van der Waals surface area contributed by atoms with Gasteiger partial charge >= 0.3 is 0 Å². The van der Waals surface area contributed by atoms with Crippen LogP contribution < -0.4 is 10.1 Å². The molecule has 4 heteroatoms. The molecule has 148 valence electrons. The summed E-state index contributed by atoms with van der Waals surface area (Å²) in [5.41, 5.74) is 4.60. The minimum Gasteiger partial charge on any atom is -0.492 e. The van der Waals surface area contributed by atoms with E-state index in [1.54, 1.807) is 0 Å². The fraction of sp³-hybridized carbons (Fsp3) is 0.160. The second kappa shape index (κ2) is 9.94. The van der Waals surface area contributed by atoms with E-state index in [0.717, 1.165) is 16.9 Å². The highest BCUT2D eigenvalue weighted by molar-refractivity contribution is 6.33. The van der Waals surface area contributed by atoms with Crippen LogP contribution in [0.4, 0.5) is 0 Å². The topological polar surface area (TPSA) is 38.3 Å². The molecule has 0 atom stereocenters. The summed E-state index contributed by atoms with van der Waals surface area (Å²) in [4.78, 5) is 12.9. The molecule has 0 saturated heterocycles. The molecule has 1 N–H and O–H groups in total. The Kier molecular flexibility index (Phi) is 7.09. The number of hydrogen-bond donors (Lipinski definition) is 1. The summed E-state index contributed by atoms with van der Waals surface area (Å²) in [6, 6.07) is 23.0. The van der Waals surface area contributed by atoms with E-state index in [-0.39, 0.29) is 5.91 Å². The standard InChI is InChI=1S/C25H24ClNO2/c1-18-12-13-22(16-19(18)2)29-15-14-27-25(28)23(20-8-4-3-5-9-20)17-21-10-6-7-11-24(21)26/h3-13,16-17H,14-15H2,1-2H3,(H,27,28)/b23-17+. The van der Waals surface area contributed by atoms with Gasteiger partial charge in [0, 0.05) is 10.6 Å². The first-order valence-corrected chi connectivity index (χ1v) is 9.92. The Morgan fingerprint density at radius 2 is 1.69 bits per heavy atom. The molecule has 0 heterocycles. The predicted octanol–water partition coefficient (Wildman–Crippen LogP) is 5.69. The van der Waals surface area contributed by atoms with Crippen LogP contribution in [-0.2, 0) is 4.79 Å². The zero-order chi connectivity index (χ0) is 20.6. The van der Waals surface area contributed by atoms with Gasteiger partial charge in [0.2, 0.25) is 0 Å². The third kappa shape index (κ3) is 5.72. The summed E-state index contributed by atoms with van der Waals surface area (Å²) in [5.74, 6) is 0.636. The molecule has 0 aliphatic heterocycles. The number of benzene rings is 3. The molecular weight excluding hydrogens is 382 g/mol. The van der Waals surface area contributed by atoms with Gasteiger partial charge in [-0.3, -0.25) is 4.79 Å². The fourth-order valence-electron chi connectivity index (χ4n) is 2.88. The van der Waals surface area contributed by atoms with E-state index in [0.29, 0.717) is 23.7 Å². The first-order valence-electron chi connectivity index (χ1n) is 9.54. The summed E-state index contributed by atoms with van der Waals surface area (Å²) in [6.07, 6.45) is 1.82. The van der Waals surface area contributed by atoms with Crippen LogP contribution in [0.25, 0.3) is 11.6 Å². The molecule has 0 unspecified atom stereocenters. The maximum Gasteiger partial charge on any atom is 0.252 e. The van der Waals surface area contributed by atoms with Crippen LogP contribution in [0, 0.1) is 13.8 Å². The van der Waals surface area contributed by atoms with Crippen LogP contribution in [0.2, 0.25) is 5.02 Å². The van der Waals surface area contributed by atoms with E-state index in [1.165, 1.54) is 11.1 Å². The number of carbonyl (C=O) groups is 1. The van der Waals surface area contributed by atoms with Crippen LogP contribution in [-0.4, -0.2) is 19.1 Å². The zero-order valence-electron chi connectivity index (χ0n) is 16.6. The van der Waals surface area contributed by atoms with Gasteiger partial charge in [-0.05, 0) is 60.4 Å². The number of nitrogens with one attached hydrogen (secondary N) is 1. The molecule has 0 radical (unpaired) electrons. The van der Waals surface area contributed by atoms with Crippen LogP contribution in [0.5, 0.6) is 5.75 Å². The van der Waals surface area contributed by atoms with E-state index in [9.17, 15) is 4.79 Å². The third-order valence-electron chi connectivity index (χ3n) is 4.67. The highest BCUT2D eigenvalue weighted by Gasteiger charge is 2.12. The lowest BCUT2D eigenvalue weighted by Crippen LogP contribution is -2.28. The maximum atomic E-state index is 12.9. The van der Waals surface area contributed by atoms with E-state index < -0.39 is 0 Å². The maximum absolute atomic E-state index is 12.9. The largest absolute Gasteiger partial charge is 0.492 e. The molecule has 3 aromatic rings. The molecule has 29 heavy (non-hydrogen) atoms. The number of rotatable bonds is 7. The van der Waals surface area contributed by atoms with Crippen molar-refractivity contribution in [1.29, 1.82) is 0 Å². The highest BCUT2D eigenvalue weighted by Crippen LogP contribution is 2.23. The smallest absolute Gasteiger partial charge is 0.252 e. The first kappa shape index (κ1) is 20.7. The quantitative estimate of drug-likeness (QED) is 0.311. The fourth-order valence-corrected chi connectivity index (χ4v) is 3.07. The molecule has 3 rings (SSSR count). The predicted molar refractivity (Wildman–Crippen MR) is 120 cm³/mol. The van der Waals surface area contributed by atoms with Gasteiger partial charge in [0.05, 0.1) is 6.54 Å². The molecule has 0 aliphatic carbocycles. The van der Waals surface area contributed by atoms with Crippen LogP contribution >= 0.6 is 11.6 Å². The summed E-state index contributed by atoms with van der Waals surface area (Å²) in [7, 11) is 0. The van der Waals surface area contributed by atoms with Gasteiger partial charge in [-0.1, -0.05) is 66.2 Å². The Hall–Kier alpha value is -3.04. The molecule has 0 bridgehead atoms. The second-order valence-corrected chi connectivity index (χ2v) is 7.20. The van der Waals surface area contributed by atoms with Crippen LogP contribution in [0.15, 0.2) is 72.8 Å². The van der Waals surface area contributed by atoms with Crippen LogP contribution in [0.1, 0.15) is 22.3 Å². The molecule has 3 nitrogen and oxygen atoms in total. The number of aryl methyl sites for hydroxylation is 2. The van der Waals surface area contributed by atoms with Crippen molar-refractivity contribution in [3.05, 3.63) is 100 Å². The van der Waals surface area contributed by atoms with Crippen molar-refractivity contribution in [3.8, 4) is 5.75 Å². The average molecular weight is 406 g/mol. The summed E-state index contributed by atoms with van der Waals surface area (Å²) < 4.78 is 5.76. The van der Waals surface area contributed by atoms with Gasteiger partial charge in [0.25, 0.3) is 5.91 Å². The Balaban J connectivity index is 1.69. The van der Waals surface area contributed by atoms with E-state index >= 15 is 0 Å². The molecule has 0 aromatic heterocycles. The minimum absolute atomic E-state index is 0.167. The highest BCUT2D eigenvalue weighted by atomic mass is 35.5. The molecule has 0 fully saturated rings. The lowest BCUT2D eigenvalue weighted by atomic mass is 10.0. The minimum atomic E-state index is -0.167. The van der Waals surface area contributed by atoms with Gasteiger partial charge < -0.3 is 10.1 Å². The van der Waals surface area contributed by atoms with Crippen LogP contribution in [0.3, 0.4) is 0 Å². The van der Waals surface area contributed by atoms with Gasteiger partial charge in [-0.25, -0.2) is 0 Å². The Bertz CT molecular complexity index is 1010. The van der Waals surface area contributed by atoms with Gasteiger partial charge in [-0.15, -0.1) is 0 Å². The molecule has 0 aliphatic rings. The van der Waals surface area contributed by atoms with Gasteiger partial charge in [0.1, 0.15) is 12.4 Å². The lowest BCUT2D eigenvalue weighted by Gasteiger charge is -2.12. The Morgan fingerprint density at radius 1 is 0.966 bits per heavy atom. The Labute approximate surface area is 177 Å². The summed E-state index contributed by atoms with van der Waals surface area (Å²) in [5, 5.41) is 3.55. The first-order chi connectivity index (χ1) is 14.0. The number of hydrogen-bond acceptors (Lipinski definition) is 2. The van der Waals surface area contributed by atoms with Gasteiger partial charge in [-0.2, -0.15) is 0 Å². The number of ether oxygens (including phenoxy) is 1. The third-order valence-corrected chi connectivity index (χ3v) is 5.01. The lowest BCUT2D eigenvalue weighted by molar-refractivity contribution is -0.115. The number of amides is 1. The molecule has 0 saturated carbocycles. The van der Waals surface area contributed by atoms with E-state index in [4.69, 9.17) is 16.3 Å². The van der Waals surface area contributed by atoms with Crippen molar-refractivity contribution in [2.24, 2.45) is 0 Å². The van der Waals surface area contributed by atoms with Crippen molar-refractivity contribution in [2.45, 2.75) is 13.8 Å². The summed E-state index contributed by atoms with van der Waals surface area (Å²) in [6.45, 7) is 4.91. The van der Waals surface area contributed by atoms with Gasteiger partial charge in [0.15, 0.2) is 0 Å². The Morgan fingerprint density at radius 3 is 2.41 bits per heavy atom. The average Bonchev–Trinajstić information content (AvgIpc) is 2.73. The second-order valence-electron chi connectivity index (χ2n) is 6.80. The van der Waals surface area contributed by atoms with E-state index in [2.05, 4.69) is 19.2 Å². The van der Waals surface area contributed by atoms with Crippen molar-refractivity contribution < 1.29 is 9.53 Å². The number of halogens is 1. The monoisotopic (exact) mass is 405 g/mol. The van der Waals surface area contributed by atoms with Crippen molar-refractivity contribution in [1.82, 2.24) is 5.32 Å². The SMILES string of the molecule is Cc1ccc(OCCNC(=O)/C(=C/c2ccccc2Cl)c2ccccc2)cc1C. The van der Waals surface area contributed by atoms with Crippen molar-refractivity contribution in [2.75, 3.05) is 13.2 Å². The molecule has 0 spiro atoms. The van der Waals surface area contributed by atoms with E-state index in [1.807, 2.05) is 78.9 Å². The zero-order valence-corrected chi connectivity index (χ0v) is 17.4. The summed E-state index contributed by atoms with van der Waals surface area (Å²) >= 11 is 6.28.